The van der Waals surface area contributed by atoms with E-state index in [1.165, 1.54) is 5.56 Å². The Morgan fingerprint density at radius 1 is 1.27 bits per heavy atom. The van der Waals surface area contributed by atoms with Gasteiger partial charge in [0.1, 0.15) is 0 Å². The lowest BCUT2D eigenvalue weighted by Crippen LogP contribution is -2.30. The van der Waals surface area contributed by atoms with Crippen LogP contribution in [0.4, 0.5) is 0 Å². The number of hydrogen-bond acceptors (Lipinski definition) is 3. The van der Waals surface area contributed by atoms with E-state index in [9.17, 15) is 0 Å². The number of hydrazine groups is 1. The van der Waals surface area contributed by atoms with Gasteiger partial charge in [0.25, 0.3) is 0 Å². The average Bonchev–Trinajstić information content (AvgIpc) is 2.61. The van der Waals surface area contributed by atoms with Crippen molar-refractivity contribution >= 4 is 15.9 Å². The maximum Gasteiger partial charge on any atom is 0.0517 e. The van der Waals surface area contributed by atoms with E-state index in [1.54, 1.807) is 0 Å². The van der Waals surface area contributed by atoms with Gasteiger partial charge in [-0.2, -0.15) is 0 Å². The molecule has 0 saturated carbocycles. The molecule has 1 aromatic rings. The number of halogens is 1. The predicted octanol–water partition coefficient (Wildman–Crippen LogP) is 1.56. The molecule has 1 aliphatic rings. The third-order valence-corrected chi connectivity index (χ3v) is 3.57. The van der Waals surface area contributed by atoms with E-state index in [2.05, 4.69) is 58.0 Å². The normalized spacial score (nSPS) is 30.7. The highest BCUT2D eigenvalue weighted by Gasteiger charge is 2.32. The maximum absolute atomic E-state index is 5.79. The lowest BCUT2D eigenvalue weighted by molar-refractivity contribution is 0.444. The zero-order chi connectivity index (χ0) is 10.8. The molecular formula is C11H16BrN3. The van der Waals surface area contributed by atoms with Gasteiger partial charge in [-0.25, -0.2) is 5.43 Å². The topological polar surface area (TPSA) is 50.1 Å². The van der Waals surface area contributed by atoms with Crippen molar-refractivity contribution in [1.82, 2.24) is 10.9 Å². The standard InChI is InChI=1S/C11H16BrN3/c1-7-10(6-13)11(15-14-7)8-2-4-9(12)5-3-8/h2-5,7,10-11,14-15H,6,13H2,1H3. The molecule has 0 aromatic heterocycles. The lowest BCUT2D eigenvalue weighted by Gasteiger charge is -2.19. The Kier molecular flexibility index (Phi) is 3.41. The first-order valence-electron chi connectivity index (χ1n) is 5.19. The molecule has 0 aliphatic carbocycles. The third kappa shape index (κ3) is 2.23. The van der Waals surface area contributed by atoms with Crippen LogP contribution in [0.1, 0.15) is 18.5 Å². The van der Waals surface area contributed by atoms with Gasteiger partial charge in [0.05, 0.1) is 6.04 Å². The summed E-state index contributed by atoms with van der Waals surface area (Å²) in [5, 5.41) is 0. The minimum absolute atomic E-state index is 0.318. The fourth-order valence-electron chi connectivity index (χ4n) is 2.06. The van der Waals surface area contributed by atoms with Crippen molar-refractivity contribution in [3.63, 3.8) is 0 Å². The lowest BCUT2D eigenvalue weighted by atomic mass is 9.90. The van der Waals surface area contributed by atoms with E-state index < -0.39 is 0 Å². The van der Waals surface area contributed by atoms with E-state index in [0.717, 1.165) is 4.47 Å². The number of nitrogens with two attached hydrogens (primary N) is 1. The molecule has 0 radical (unpaired) electrons. The molecular weight excluding hydrogens is 254 g/mol. The van der Waals surface area contributed by atoms with Crippen molar-refractivity contribution in [3.05, 3.63) is 34.3 Å². The van der Waals surface area contributed by atoms with Crippen molar-refractivity contribution in [1.29, 1.82) is 0 Å². The van der Waals surface area contributed by atoms with Gasteiger partial charge in [0.15, 0.2) is 0 Å². The molecule has 82 valence electrons. The van der Waals surface area contributed by atoms with Crippen LogP contribution in [0, 0.1) is 5.92 Å². The van der Waals surface area contributed by atoms with E-state index in [4.69, 9.17) is 5.73 Å². The van der Waals surface area contributed by atoms with Crippen LogP contribution in [0.15, 0.2) is 28.7 Å². The average molecular weight is 270 g/mol. The smallest absolute Gasteiger partial charge is 0.0517 e. The highest BCUT2D eigenvalue weighted by Crippen LogP contribution is 2.28. The van der Waals surface area contributed by atoms with Gasteiger partial charge in [-0.3, -0.25) is 5.43 Å². The molecule has 1 aliphatic heterocycles. The molecule has 3 nitrogen and oxygen atoms in total. The van der Waals surface area contributed by atoms with Crippen molar-refractivity contribution in [2.45, 2.75) is 19.0 Å². The van der Waals surface area contributed by atoms with Crippen LogP contribution < -0.4 is 16.6 Å². The summed E-state index contributed by atoms with van der Waals surface area (Å²) in [5.74, 6) is 0.450. The summed E-state index contributed by atoms with van der Waals surface area (Å²) in [6.45, 7) is 2.85. The molecule has 1 aromatic carbocycles. The first kappa shape index (κ1) is 11.1. The van der Waals surface area contributed by atoms with E-state index in [1.807, 2.05) is 0 Å². The molecule has 4 N–H and O–H groups in total. The van der Waals surface area contributed by atoms with Gasteiger partial charge in [-0.15, -0.1) is 0 Å². The van der Waals surface area contributed by atoms with Crippen molar-refractivity contribution < 1.29 is 0 Å². The third-order valence-electron chi connectivity index (χ3n) is 3.04. The van der Waals surface area contributed by atoms with E-state index in [-0.39, 0.29) is 0 Å². The zero-order valence-corrected chi connectivity index (χ0v) is 10.3. The highest BCUT2D eigenvalue weighted by atomic mass is 79.9. The molecule has 3 atom stereocenters. The summed E-state index contributed by atoms with van der Waals surface area (Å²) in [6.07, 6.45) is 0. The van der Waals surface area contributed by atoms with Gasteiger partial charge < -0.3 is 5.73 Å². The van der Waals surface area contributed by atoms with Crippen LogP contribution in [0.3, 0.4) is 0 Å². The molecule has 3 unspecified atom stereocenters. The van der Waals surface area contributed by atoms with Gasteiger partial charge >= 0.3 is 0 Å². The zero-order valence-electron chi connectivity index (χ0n) is 8.70. The molecule has 0 amide bonds. The van der Waals surface area contributed by atoms with Gasteiger partial charge in [0, 0.05) is 16.4 Å². The fourth-order valence-corrected chi connectivity index (χ4v) is 2.33. The number of rotatable bonds is 2. The molecule has 0 spiro atoms. The van der Waals surface area contributed by atoms with E-state index >= 15 is 0 Å². The quantitative estimate of drug-likeness (QED) is 0.764. The number of hydrogen-bond donors (Lipinski definition) is 3. The second kappa shape index (κ2) is 4.61. The van der Waals surface area contributed by atoms with Crippen molar-refractivity contribution in [2.75, 3.05) is 6.54 Å². The summed E-state index contributed by atoms with van der Waals surface area (Å²) >= 11 is 3.44. The molecule has 1 saturated heterocycles. The second-order valence-electron chi connectivity index (χ2n) is 4.01. The summed E-state index contributed by atoms with van der Waals surface area (Å²) in [7, 11) is 0. The Bertz CT molecular complexity index is 325. The van der Waals surface area contributed by atoms with Gasteiger partial charge in [-0.05, 0) is 31.2 Å². The molecule has 1 fully saturated rings. The summed E-state index contributed by atoms with van der Waals surface area (Å²) in [5.41, 5.74) is 13.6. The fraction of sp³-hybridized carbons (Fsp3) is 0.455. The minimum atomic E-state index is 0.318. The van der Waals surface area contributed by atoms with Crippen LogP contribution in [-0.2, 0) is 0 Å². The molecule has 1 heterocycles. The maximum atomic E-state index is 5.79. The first-order valence-corrected chi connectivity index (χ1v) is 5.98. The molecule has 0 bridgehead atoms. The number of nitrogens with one attached hydrogen (secondary N) is 2. The van der Waals surface area contributed by atoms with Crippen molar-refractivity contribution in [3.8, 4) is 0 Å². The Hall–Kier alpha value is -0.420. The van der Waals surface area contributed by atoms with Crippen LogP contribution in [0.25, 0.3) is 0 Å². The van der Waals surface area contributed by atoms with Crippen molar-refractivity contribution in [2.24, 2.45) is 11.7 Å². The highest BCUT2D eigenvalue weighted by molar-refractivity contribution is 9.10. The van der Waals surface area contributed by atoms with Crippen LogP contribution in [0.5, 0.6) is 0 Å². The first-order chi connectivity index (χ1) is 7.22. The Labute approximate surface area is 98.5 Å². The number of benzene rings is 1. The summed E-state index contributed by atoms with van der Waals surface area (Å²) < 4.78 is 1.11. The van der Waals surface area contributed by atoms with E-state index in [0.29, 0.717) is 24.5 Å². The Morgan fingerprint density at radius 2 is 1.93 bits per heavy atom. The molecule has 15 heavy (non-hydrogen) atoms. The Morgan fingerprint density at radius 3 is 2.53 bits per heavy atom. The minimum Gasteiger partial charge on any atom is -0.330 e. The predicted molar refractivity (Wildman–Crippen MR) is 65.2 cm³/mol. The van der Waals surface area contributed by atoms with Crippen LogP contribution >= 0.6 is 15.9 Å². The molecule has 4 heteroatoms. The summed E-state index contributed by atoms with van der Waals surface area (Å²) in [4.78, 5) is 0. The second-order valence-corrected chi connectivity index (χ2v) is 4.92. The van der Waals surface area contributed by atoms with Gasteiger partial charge in [-0.1, -0.05) is 28.1 Å². The largest absolute Gasteiger partial charge is 0.330 e. The van der Waals surface area contributed by atoms with Crippen LogP contribution in [0.2, 0.25) is 0 Å². The summed E-state index contributed by atoms with van der Waals surface area (Å²) in [6, 6.07) is 9.12. The van der Waals surface area contributed by atoms with Crippen LogP contribution in [-0.4, -0.2) is 12.6 Å². The monoisotopic (exact) mass is 269 g/mol. The Balaban J connectivity index is 2.20. The molecule has 2 rings (SSSR count). The van der Waals surface area contributed by atoms with Gasteiger partial charge in [0.2, 0.25) is 0 Å². The SMILES string of the molecule is CC1NNC(c2ccc(Br)cc2)C1CN.